The summed E-state index contributed by atoms with van der Waals surface area (Å²) in [5, 5.41) is 5.94. The molecule has 4 aromatic rings. The molecule has 0 saturated heterocycles. The molecule has 0 radical (unpaired) electrons. The zero-order valence-electron chi connectivity index (χ0n) is 21.5. The highest BCUT2D eigenvalue weighted by atomic mass is 16.5. The van der Waals surface area contributed by atoms with Crippen molar-refractivity contribution in [3.05, 3.63) is 96.1 Å². The maximum absolute atomic E-state index is 13.1. The average molecular weight is 513 g/mol. The number of anilines is 2. The van der Waals surface area contributed by atoms with Crippen molar-refractivity contribution < 1.29 is 28.5 Å². The summed E-state index contributed by atoms with van der Waals surface area (Å²) in [7, 11) is 6.08. The van der Waals surface area contributed by atoms with Gasteiger partial charge in [0.05, 0.1) is 39.8 Å². The number of benzene rings is 4. The van der Waals surface area contributed by atoms with Gasteiger partial charge in [0.1, 0.15) is 0 Å². The lowest BCUT2D eigenvalue weighted by molar-refractivity contribution is 0.101. The summed E-state index contributed by atoms with van der Waals surface area (Å²) in [6, 6.07) is 24.5. The molecule has 38 heavy (non-hydrogen) atoms. The van der Waals surface area contributed by atoms with Crippen LogP contribution in [0.3, 0.4) is 0 Å². The minimum Gasteiger partial charge on any atom is -0.493 e. The van der Waals surface area contributed by atoms with Gasteiger partial charge in [-0.25, -0.2) is 0 Å². The van der Waals surface area contributed by atoms with Gasteiger partial charge < -0.3 is 29.6 Å². The average Bonchev–Trinajstić information content (AvgIpc) is 2.97. The summed E-state index contributed by atoms with van der Waals surface area (Å²) < 4.78 is 22.1. The van der Waals surface area contributed by atoms with Crippen molar-refractivity contribution in [3.63, 3.8) is 0 Å². The number of ether oxygens (including phenoxy) is 4. The molecule has 0 fully saturated rings. The smallest absolute Gasteiger partial charge is 0.255 e. The Morgan fingerprint density at radius 2 is 0.816 bits per heavy atom. The van der Waals surface area contributed by atoms with E-state index >= 15 is 0 Å². The molecule has 0 bridgehead atoms. The second-order valence-corrected chi connectivity index (χ2v) is 8.15. The van der Waals surface area contributed by atoms with Gasteiger partial charge in [0.2, 0.25) is 0 Å². The highest BCUT2D eigenvalue weighted by Gasteiger charge is 2.21. The monoisotopic (exact) mass is 512 g/mol. The topological polar surface area (TPSA) is 95.1 Å². The molecule has 0 saturated carbocycles. The molecule has 2 N–H and O–H groups in total. The van der Waals surface area contributed by atoms with E-state index in [0.29, 0.717) is 56.6 Å². The molecule has 0 spiro atoms. The van der Waals surface area contributed by atoms with Crippen molar-refractivity contribution in [3.8, 4) is 34.1 Å². The Morgan fingerprint density at radius 1 is 0.500 bits per heavy atom. The standard InChI is InChI=1S/C30H28N2O6/c1-35-25-15-21(23(17-27(25)37-3)31-29(33)19-11-7-5-8-12-19)22-16-26(36-2)28(38-4)18-24(22)32-30(34)20-13-9-6-10-14-20/h5-18H,1-4H3,(H,31,33)(H,32,34). The van der Waals surface area contributed by atoms with Crippen LogP contribution in [0.1, 0.15) is 20.7 Å². The van der Waals surface area contributed by atoms with Gasteiger partial charge in [-0.15, -0.1) is 0 Å². The predicted octanol–water partition coefficient (Wildman–Crippen LogP) is 5.89. The molecule has 8 nitrogen and oxygen atoms in total. The summed E-state index contributed by atoms with van der Waals surface area (Å²) in [4.78, 5) is 26.3. The molecule has 8 heteroatoms. The Labute approximate surface area is 221 Å². The number of hydrogen-bond donors (Lipinski definition) is 2. The molecule has 0 aliphatic carbocycles. The molecule has 4 rings (SSSR count). The summed E-state index contributed by atoms with van der Waals surface area (Å²) in [6.07, 6.45) is 0. The summed E-state index contributed by atoms with van der Waals surface area (Å²) in [6.45, 7) is 0. The molecule has 0 unspecified atom stereocenters. The van der Waals surface area contributed by atoms with Crippen LogP contribution in [0, 0.1) is 0 Å². The van der Waals surface area contributed by atoms with E-state index in [1.807, 2.05) is 12.1 Å². The molecular weight excluding hydrogens is 484 g/mol. The van der Waals surface area contributed by atoms with Crippen molar-refractivity contribution in [1.82, 2.24) is 0 Å². The normalized spacial score (nSPS) is 10.3. The molecule has 194 valence electrons. The van der Waals surface area contributed by atoms with E-state index in [0.717, 1.165) is 0 Å². The van der Waals surface area contributed by atoms with E-state index in [1.54, 1.807) is 72.8 Å². The van der Waals surface area contributed by atoms with E-state index in [2.05, 4.69) is 10.6 Å². The van der Waals surface area contributed by atoms with Crippen molar-refractivity contribution in [2.24, 2.45) is 0 Å². The Morgan fingerprint density at radius 3 is 1.13 bits per heavy atom. The molecule has 0 heterocycles. The van der Waals surface area contributed by atoms with Gasteiger partial charge in [-0.1, -0.05) is 36.4 Å². The molecule has 0 aromatic heterocycles. The first-order valence-electron chi connectivity index (χ1n) is 11.7. The van der Waals surface area contributed by atoms with E-state index in [1.165, 1.54) is 28.4 Å². The lowest BCUT2D eigenvalue weighted by atomic mass is 9.99. The number of rotatable bonds is 9. The SMILES string of the molecule is COc1cc(NC(=O)c2ccccc2)c(-c2cc(OC)c(OC)cc2NC(=O)c2ccccc2)cc1OC. The first-order valence-corrected chi connectivity index (χ1v) is 11.7. The third kappa shape index (κ3) is 5.54. The maximum atomic E-state index is 13.1. The van der Waals surface area contributed by atoms with E-state index < -0.39 is 0 Å². The molecular formula is C30H28N2O6. The summed E-state index contributed by atoms with van der Waals surface area (Å²) in [5.41, 5.74) is 2.99. The van der Waals surface area contributed by atoms with E-state index in [9.17, 15) is 9.59 Å². The van der Waals surface area contributed by atoms with Crippen LogP contribution in [0.4, 0.5) is 11.4 Å². The molecule has 0 atom stereocenters. The van der Waals surface area contributed by atoms with Crippen LogP contribution in [0.2, 0.25) is 0 Å². The van der Waals surface area contributed by atoms with Crippen LogP contribution in [-0.2, 0) is 0 Å². The highest BCUT2D eigenvalue weighted by Crippen LogP contribution is 2.45. The van der Waals surface area contributed by atoms with Crippen LogP contribution >= 0.6 is 0 Å². The fourth-order valence-electron chi connectivity index (χ4n) is 3.98. The van der Waals surface area contributed by atoms with Crippen LogP contribution < -0.4 is 29.6 Å². The lowest BCUT2D eigenvalue weighted by Crippen LogP contribution is -2.14. The number of amides is 2. The first-order chi connectivity index (χ1) is 18.5. The van der Waals surface area contributed by atoms with E-state index in [4.69, 9.17) is 18.9 Å². The number of carbonyl (C=O) groups is 2. The molecule has 0 aliphatic rings. The van der Waals surface area contributed by atoms with Gasteiger partial charge in [0, 0.05) is 34.4 Å². The second-order valence-electron chi connectivity index (χ2n) is 8.15. The molecule has 4 aromatic carbocycles. The maximum Gasteiger partial charge on any atom is 0.255 e. The van der Waals surface area contributed by atoms with Crippen molar-refractivity contribution in [2.75, 3.05) is 39.1 Å². The van der Waals surface area contributed by atoms with Crippen LogP contribution in [-0.4, -0.2) is 40.3 Å². The van der Waals surface area contributed by atoms with Crippen molar-refractivity contribution in [1.29, 1.82) is 0 Å². The van der Waals surface area contributed by atoms with Crippen LogP contribution in [0.25, 0.3) is 11.1 Å². The number of carbonyl (C=O) groups excluding carboxylic acids is 2. The van der Waals surface area contributed by atoms with E-state index in [-0.39, 0.29) is 11.8 Å². The lowest BCUT2D eigenvalue weighted by Gasteiger charge is -2.20. The van der Waals surface area contributed by atoms with Crippen molar-refractivity contribution in [2.45, 2.75) is 0 Å². The van der Waals surface area contributed by atoms with Crippen LogP contribution in [0.5, 0.6) is 23.0 Å². The number of methoxy groups -OCH3 is 4. The largest absolute Gasteiger partial charge is 0.493 e. The van der Waals surface area contributed by atoms with Gasteiger partial charge in [0.15, 0.2) is 23.0 Å². The number of nitrogens with one attached hydrogen (secondary N) is 2. The predicted molar refractivity (Wildman–Crippen MR) is 147 cm³/mol. The Kier molecular flexibility index (Phi) is 8.13. The fraction of sp³-hybridized carbons (Fsp3) is 0.133. The van der Waals surface area contributed by atoms with Crippen molar-refractivity contribution >= 4 is 23.2 Å². The second kappa shape index (κ2) is 11.8. The molecule has 2 amide bonds. The summed E-state index contributed by atoms with van der Waals surface area (Å²) >= 11 is 0. The Balaban J connectivity index is 1.89. The van der Waals surface area contributed by atoms with Crippen LogP contribution in [0.15, 0.2) is 84.9 Å². The fourth-order valence-corrected chi connectivity index (χ4v) is 3.98. The minimum absolute atomic E-state index is 0.311. The number of hydrogen-bond acceptors (Lipinski definition) is 6. The minimum atomic E-state index is -0.311. The van der Waals surface area contributed by atoms with Gasteiger partial charge in [-0.3, -0.25) is 9.59 Å². The van der Waals surface area contributed by atoms with Gasteiger partial charge in [0.25, 0.3) is 11.8 Å². The van der Waals surface area contributed by atoms with Gasteiger partial charge in [-0.05, 0) is 36.4 Å². The van der Waals surface area contributed by atoms with Gasteiger partial charge >= 0.3 is 0 Å². The third-order valence-corrected chi connectivity index (χ3v) is 5.91. The Bertz CT molecular complexity index is 1330. The zero-order valence-corrected chi connectivity index (χ0v) is 21.5. The first kappa shape index (κ1) is 26.1. The van der Waals surface area contributed by atoms with Gasteiger partial charge in [-0.2, -0.15) is 0 Å². The highest BCUT2D eigenvalue weighted by molar-refractivity contribution is 6.10. The molecule has 0 aliphatic heterocycles. The zero-order chi connectivity index (χ0) is 27.1. The summed E-state index contributed by atoms with van der Waals surface area (Å²) in [5.74, 6) is 1.11. The quantitative estimate of drug-likeness (QED) is 0.290. The Hall–Kier alpha value is -4.98. The third-order valence-electron chi connectivity index (χ3n) is 5.91.